The summed E-state index contributed by atoms with van der Waals surface area (Å²) in [5, 5.41) is 12.6. The Bertz CT molecular complexity index is 392. The maximum Gasteiger partial charge on any atom is 0.416 e. The smallest absolute Gasteiger partial charge is 0.394 e. The van der Waals surface area contributed by atoms with Crippen LogP contribution in [0.2, 0.25) is 0 Å². The van der Waals surface area contributed by atoms with Gasteiger partial charge in [-0.3, -0.25) is 0 Å². The summed E-state index contributed by atoms with van der Waals surface area (Å²) in [6.45, 7) is 4.17. The van der Waals surface area contributed by atoms with E-state index in [1.54, 1.807) is 6.07 Å². The fraction of sp³-hybridized carbons (Fsp3) is 0.571. The number of hydrogen-bond donors (Lipinski definition) is 2. The molecule has 0 aliphatic heterocycles. The first-order chi connectivity index (χ1) is 8.87. The van der Waals surface area contributed by atoms with E-state index in [0.717, 1.165) is 25.0 Å². The summed E-state index contributed by atoms with van der Waals surface area (Å²) in [6.07, 6.45) is -2.88. The van der Waals surface area contributed by atoms with Crippen molar-refractivity contribution in [3.8, 4) is 0 Å². The van der Waals surface area contributed by atoms with Crippen molar-refractivity contribution < 1.29 is 18.3 Å². The summed E-state index contributed by atoms with van der Waals surface area (Å²) in [5.74, 6) is 0. The van der Waals surface area contributed by atoms with Gasteiger partial charge in [0.15, 0.2) is 0 Å². The lowest BCUT2D eigenvalue weighted by Crippen LogP contribution is -2.47. The molecule has 2 N–H and O–H groups in total. The number of hydrogen-bond acceptors (Lipinski definition) is 2. The van der Waals surface area contributed by atoms with Gasteiger partial charge in [0.05, 0.1) is 12.2 Å². The second-order valence-corrected chi connectivity index (χ2v) is 4.70. The molecule has 0 atom stereocenters. The Hall–Kier alpha value is -1.07. The van der Waals surface area contributed by atoms with Crippen LogP contribution in [-0.4, -0.2) is 17.3 Å². The fourth-order valence-corrected chi connectivity index (χ4v) is 1.93. The molecule has 0 heterocycles. The molecule has 0 aliphatic carbocycles. The molecule has 1 rings (SSSR count). The minimum Gasteiger partial charge on any atom is -0.394 e. The van der Waals surface area contributed by atoms with Gasteiger partial charge in [-0.2, -0.15) is 13.2 Å². The van der Waals surface area contributed by atoms with Crippen LogP contribution in [0.4, 0.5) is 13.2 Å². The first-order valence-electron chi connectivity index (χ1n) is 6.39. The van der Waals surface area contributed by atoms with Crippen molar-refractivity contribution in [2.75, 3.05) is 6.61 Å². The monoisotopic (exact) mass is 275 g/mol. The van der Waals surface area contributed by atoms with Crippen LogP contribution in [0.3, 0.4) is 0 Å². The lowest BCUT2D eigenvalue weighted by Gasteiger charge is -2.31. The number of benzene rings is 1. The zero-order valence-electron chi connectivity index (χ0n) is 11.2. The highest BCUT2D eigenvalue weighted by molar-refractivity contribution is 5.25. The van der Waals surface area contributed by atoms with Crippen molar-refractivity contribution in [1.82, 2.24) is 5.32 Å². The average Bonchev–Trinajstić information content (AvgIpc) is 2.40. The predicted molar refractivity (Wildman–Crippen MR) is 68.7 cm³/mol. The minimum absolute atomic E-state index is 0.0288. The molecular weight excluding hydrogens is 255 g/mol. The normalized spacial score (nSPS) is 12.7. The molecule has 0 unspecified atom stereocenters. The van der Waals surface area contributed by atoms with Crippen LogP contribution < -0.4 is 5.32 Å². The number of alkyl halides is 3. The van der Waals surface area contributed by atoms with E-state index in [1.807, 2.05) is 13.8 Å². The molecule has 0 amide bonds. The molecule has 0 fully saturated rings. The Kier molecular flexibility index (Phi) is 5.38. The second-order valence-electron chi connectivity index (χ2n) is 4.70. The molecule has 2 nitrogen and oxygen atoms in total. The van der Waals surface area contributed by atoms with Crippen LogP contribution in [0.25, 0.3) is 0 Å². The number of aliphatic hydroxyl groups is 1. The first-order valence-corrected chi connectivity index (χ1v) is 6.39. The standard InChI is InChI=1S/C14H20F3NO/c1-3-13(4-2,10-19)18-9-11-6-5-7-12(8-11)14(15,16)17/h5-8,18-19H,3-4,9-10H2,1-2H3. The van der Waals surface area contributed by atoms with E-state index in [9.17, 15) is 18.3 Å². The first kappa shape index (κ1) is 16.0. The second kappa shape index (κ2) is 6.39. The Morgan fingerprint density at radius 1 is 1.16 bits per heavy atom. The van der Waals surface area contributed by atoms with E-state index in [-0.39, 0.29) is 6.61 Å². The Morgan fingerprint density at radius 2 is 1.79 bits per heavy atom. The summed E-state index contributed by atoms with van der Waals surface area (Å²) in [5.41, 5.74) is -0.502. The molecule has 0 aliphatic rings. The third-order valence-corrected chi connectivity index (χ3v) is 3.58. The number of rotatable bonds is 6. The van der Waals surface area contributed by atoms with Gasteiger partial charge in [0.1, 0.15) is 0 Å². The Balaban J connectivity index is 2.78. The van der Waals surface area contributed by atoms with E-state index in [2.05, 4.69) is 5.32 Å². The predicted octanol–water partition coefficient (Wildman–Crippen LogP) is 3.35. The third kappa shape index (κ3) is 4.21. The SMILES string of the molecule is CCC(CC)(CO)NCc1cccc(C(F)(F)F)c1. The van der Waals surface area contributed by atoms with Gasteiger partial charge in [0, 0.05) is 12.1 Å². The van der Waals surface area contributed by atoms with Gasteiger partial charge in [-0.15, -0.1) is 0 Å². The Morgan fingerprint density at radius 3 is 2.26 bits per heavy atom. The highest BCUT2D eigenvalue weighted by atomic mass is 19.4. The average molecular weight is 275 g/mol. The summed E-state index contributed by atoms with van der Waals surface area (Å²) in [7, 11) is 0. The van der Waals surface area contributed by atoms with Gasteiger partial charge in [-0.1, -0.05) is 32.0 Å². The highest BCUT2D eigenvalue weighted by Crippen LogP contribution is 2.29. The van der Waals surface area contributed by atoms with Crippen molar-refractivity contribution in [3.63, 3.8) is 0 Å². The van der Waals surface area contributed by atoms with Gasteiger partial charge < -0.3 is 10.4 Å². The minimum atomic E-state index is -4.32. The molecule has 5 heteroatoms. The topological polar surface area (TPSA) is 32.3 Å². The van der Waals surface area contributed by atoms with Crippen LogP contribution in [0.5, 0.6) is 0 Å². The van der Waals surface area contributed by atoms with Gasteiger partial charge in [-0.25, -0.2) is 0 Å². The lowest BCUT2D eigenvalue weighted by molar-refractivity contribution is -0.137. The number of nitrogens with one attached hydrogen (secondary N) is 1. The molecular formula is C14H20F3NO. The highest BCUT2D eigenvalue weighted by Gasteiger charge is 2.30. The van der Waals surface area contributed by atoms with Crippen LogP contribution in [0.1, 0.15) is 37.8 Å². The maximum atomic E-state index is 12.6. The summed E-state index contributed by atoms with van der Waals surface area (Å²) in [4.78, 5) is 0. The molecule has 0 saturated heterocycles. The molecule has 0 aromatic heterocycles. The zero-order chi connectivity index (χ0) is 14.5. The number of halogens is 3. The van der Waals surface area contributed by atoms with E-state index < -0.39 is 17.3 Å². The summed E-state index contributed by atoms with van der Waals surface area (Å²) < 4.78 is 37.7. The van der Waals surface area contributed by atoms with Crippen molar-refractivity contribution >= 4 is 0 Å². The van der Waals surface area contributed by atoms with E-state index >= 15 is 0 Å². The summed E-state index contributed by atoms with van der Waals surface area (Å²) in [6, 6.07) is 5.25. The largest absolute Gasteiger partial charge is 0.416 e. The van der Waals surface area contributed by atoms with Crippen molar-refractivity contribution in [2.24, 2.45) is 0 Å². The summed E-state index contributed by atoms with van der Waals surface area (Å²) >= 11 is 0. The van der Waals surface area contributed by atoms with E-state index in [0.29, 0.717) is 12.1 Å². The van der Waals surface area contributed by atoms with E-state index in [4.69, 9.17) is 0 Å². The molecule has 1 aromatic rings. The van der Waals surface area contributed by atoms with Gasteiger partial charge in [0.2, 0.25) is 0 Å². The maximum absolute atomic E-state index is 12.6. The fourth-order valence-electron chi connectivity index (χ4n) is 1.93. The zero-order valence-corrected chi connectivity index (χ0v) is 11.2. The third-order valence-electron chi connectivity index (χ3n) is 3.58. The van der Waals surface area contributed by atoms with Crippen molar-refractivity contribution in [3.05, 3.63) is 35.4 Å². The molecule has 108 valence electrons. The van der Waals surface area contributed by atoms with Crippen LogP contribution >= 0.6 is 0 Å². The van der Waals surface area contributed by atoms with Crippen LogP contribution in [-0.2, 0) is 12.7 Å². The quantitative estimate of drug-likeness (QED) is 0.834. The van der Waals surface area contributed by atoms with Gasteiger partial charge >= 0.3 is 6.18 Å². The molecule has 0 bridgehead atoms. The Labute approximate surface area is 111 Å². The molecule has 19 heavy (non-hydrogen) atoms. The number of aliphatic hydroxyl groups excluding tert-OH is 1. The molecule has 0 radical (unpaired) electrons. The van der Waals surface area contributed by atoms with Gasteiger partial charge in [-0.05, 0) is 24.5 Å². The van der Waals surface area contributed by atoms with Crippen molar-refractivity contribution in [2.45, 2.75) is 44.9 Å². The lowest BCUT2D eigenvalue weighted by atomic mass is 9.93. The molecule has 1 aromatic carbocycles. The van der Waals surface area contributed by atoms with E-state index in [1.165, 1.54) is 6.07 Å². The van der Waals surface area contributed by atoms with Crippen molar-refractivity contribution in [1.29, 1.82) is 0 Å². The molecule has 0 spiro atoms. The van der Waals surface area contributed by atoms with Crippen LogP contribution in [0, 0.1) is 0 Å². The van der Waals surface area contributed by atoms with Gasteiger partial charge in [0.25, 0.3) is 0 Å². The molecule has 0 saturated carbocycles. The van der Waals surface area contributed by atoms with Crippen LogP contribution in [0.15, 0.2) is 24.3 Å².